The molecule has 1 heterocycles. The molecule has 6 nitrogen and oxygen atoms in total. The molecule has 2 aromatic rings. The van der Waals surface area contributed by atoms with Gasteiger partial charge in [0.2, 0.25) is 0 Å². The molecule has 0 spiro atoms. The monoisotopic (exact) mass is 288 g/mol. The van der Waals surface area contributed by atoms with Crippen LogP contribution in [0.15, 0.2) is 52.2 Å². The standard InChI is InChI=1S/C15H16N2O4/c1-19-14-7-3-2-5-12(14)9-17-21-11-15(18)16-10-13-6-4-8-20-13/h2-9H,10-11H2,1H3,(H,16,18)/b17-9-. The maximum Gasteiger partial charge on any atom is 0.261 e. The molecular formula is C15H16N2O4. The van der Waals surface area contributed by atoms with Gasteiger partial charge in [-0.2, -0.15) is 0 Å². The van der Waals surface area contributed by atoms with E-state index in [1.165, 1.54) is 6.21 Å². The summed E-state index contributed by atoms with van der Waals surface area (Å²) < 4.78 is 10.3. The van der Waals surface area contributed by atoms with E-state index in [-0.39, 0.29) is 12.5 Å². The summed E-state index contributed by atoms with van der Waals surface area (Å²) in [6, 6.07) is 10.9. The molecule has 0 saturated carbocycles. The third-order valence-electron chi connectivity index (χ3n) is 2.64. The lowest BCUT2D eigenvalue weighted by molar-refractivity contribution is -0.125. The Hall–Kier alpha value is -2.76. The quantitative estimate of drug-likeness (QED) is 0.624. The number of furan rings is 1. The Balaban J connectivity index is 1.73. The normalized spacial score (nSPS) is 10.5. The molecule has 6 heteroatoms. The zero-order chi connectivity index (χ0) is 14.9. The van der Waals surface area contributed by atoms with E-state index in [0.717, 1.165) is 5.56 Å². The van der Waals surface area contributed by atoms with Gasteiger partial charge >= 0.3 is 0 Å². The summed E-state index contributed by atoms with van der Waals surface area (Å²) in [5.41, 5.74) is 0.774. The molecule has 1 aromatic carbocycles. The van der Waals surface area contributed by atoms with Gasteiger partial charge in [-0.15, -0.1) is 0 Å². The summed E-state index contributed by atoms with van der Waals surface area (Å²) in [7, 11) is 1.58. The summed E-state index contributed by atoms with van der Waals surface area (Å²) in [5, 5.41) is 6.40. The van der Waals surface area contributed by atoms with Crippen LogP contribution >= 0.6 is 0 Å². The number of nitrogens with one attached hydrogen (secondary N) is 1. The van der Waals surface area contributed by atoms with Crippen molar-refractivity contribution in [3.8, 4) is 5.75 Å². The van der Waals surface area contributed by atoms with Gasteiger partial charge in [-0.1, -0.05) is 17.3 Å². The fourth-order valence-electron chi connectivity index (χ4n) is 1.61. The Bertz CT molecular complexity index is 593. The van der Waals surface area contributed by atoms with Crippen molar-refractivity contribution in [1.82, 2.24) is 5.32 Å². The van der Waals surface area contributed by atoms with E-state index in [1.807, 2.05) is 24.3 Å². The summed E-state index contributed by atoms with van der Waals surface area (Å²) in [6.07, 6.45) is 3.05. The van der Waals surface area contributed by atoms with Gasteiger partial charge in [0.1, 0.15) is 11.5 Å². The van der Waals surface area contributed by atoms with Gasteiger partial charge in [-0.05, 0) is 24.3 Å². The number of para-hydroxylation sites is 1. The Morgan fingerprint density at radius 1 is 1.33 bits per heavy atom. The Morgan fingerprint density at radius 3 is 2.95 bits per heavy atom. The number of methoxy groups -OCH3 is 1. The lowest BCUT2D eigenvalue weighted by atomic mass is 10.2. The number of amides is 1. The van der Waals surface area contributed by atoms with Crippen molar-refractivity contribution in [2.75, 3.05) is 13.7 Å². The van der Waals surface area contributed by atoms with Crippen molar-refractivity contribution in [3.05, 3.63) is 54.0 Å². The molecule has 21 heavy (non-hydrogen) atoms. The van der Waals surface area contributed by atoms with Crippen molar-refractivity contribution < 1.29 is 18.8 Å². The molecule has 0 fully saturated rings. The number of ether oxygens (including phenoxy) is 1. The highest BCUT2D eigenvalue weighted by molar-refractivity contribution is 5.83. The molecule has 1 N–H and O–H groups in total. The van der Waals surface area contributed by atoms with Crippen LogP contribution in [0.1, 0.15) is 11.3 Å². The number of hydrogen-bond acceptors (Lipinski definition) is 5. The van der Waals surface area contributed by atoms with Crippen molar-refractivity contribution in [3.63, 3.8) is 0 Å². The predicted molar refractivity (Wildman–Crippen MR) is 77.1 cm³/mol. The molecule has 0 radical (unpaired) electrons. The van der Waals surface area contributed by atoms with Crippen LogP contribution < -0.4 is 10.1 Å². The number of benzene rings is 1. The largest absolute Gasteiger partial charge is 0.496 e. The molecule has 0 atom stereocenters. The maximum atomic E-state index is 11.5. The summed E-state index contributed by atoms with van der Waals surface area (Å²) >= 11 is 0. The van der Waals surface area contributed by atoms with Crippen molar-refractivity contribution in [2.24, 2.45) is 5.16 Å². The van der Waals surface area contributed by atoms with E-state index < -0.39 is 0 Å². The molecule has 0 bridgehead atoms. The van der Waals surface area contributed by atoms with Gasteiger partial charge < -0.3 is 19.3 Å². The summed E-state index contributed by atoms with van der Waals surface area (Å²) in [6.45, 7) is 0.164. The smallest absolute Gasteiger partial charge is 0.261 e. The number of hydrogen-bond donors (Lipinski definition) is 1. The van der Waals surface area contributed by atoms with E-state index in [4.69, 9.17) is 14.0 Å². The van der Waals surface area contributed by atoms with Crippen LogP contribution in [0.25, 0.3) is 0 Å². The number of rotatable bonds is 7. The third-order valence-corrected chi connectivity index (χ3v) is 2.64. The SMILES string of the molecule is COc1ccccc1/C=N\OCC(=O)NCc1ccco1. The second kappa shape index (κ2) is 7.74. The molecule has 0 saturated heterocycles. The van der Waals surface area contributed by atoms with Crippen molar-refractivity contribution in [1.29, 1.82) is 0 Å². The minimum Gasteiger partial charge on any atom is -0.496 e. The molecule has 0 aliphatic heterocycles. The van der Waals surface area contributed by atoms with Crippen LogP contribution in [0, 0.1) is 0 Å². The zero-order valence-corrected chi connectivity index (χ0v) is 11.6. The maximum absolute atomic E-state index is 11.5. The van der Waals surface area contributed by atoms with E-state index in [2.05, 4.69) is 10.5 Å². The molecule has 2 rings (SSSR count). The van der Waals surface area contributed by atoms with E-state index in [0.29, 0.717) is 18.1 Å². The first kappa shape index (κ1) is 14.6. The van der Waals surface area contributed by atoms with Gasteiger partial charge in [0.25, 0.3) is 5.91 Å². The van der Waals surface area contributed by atoms with Crippen molar-refractivity contribution in [2.45, 2.75) is 6.54 Å². The molecule has 0 unspecified atom stereocenters. The minimum atomic E-state index is -0.274. The average Bonchev–Trinajstić information content (AvgIpc) is 3.03. The van der Waals surface area contributed by atoms with Crippen LogP contribution in [-0.4, -0.2) is 25.8 Å². The highest BCUT2D eigenvalue weighted by atomic mass is 16.6. The molecule has 0 aliphatic rings. The minimum absolute atomic E-state index is 0.160. The van der Waals surface area contributed by atoms with Crippen LogP contribution in [-0.2, 0) is 16.2 Å². The van der Waals surface area contributed by atoms with E-state index in [1.54, 1.807) is 25.5 Å². The first-order chi connectivity index (χ1) is 10.3. The summed E-state index contributed by atoms with van der Waals surface area (Å²) in [4.78, 5) is 16.4. The van der Waals surface area contributed by atoms with Gasteiger partial charge in [-0.3, -0.25) is 4.79 Å². The number of oxime groups is 1. The number of carbonyl (C=O) groups excluding carboxylic acids is 1. The van der Waals surface area contributed by atoms with Gasteiger partial charge in [0, 0.05) is 5.56 Å². The van der Waals surface area contributed by atoms with Crippen molar-refractivity contribution >= 4 is 12.1 Å². The third kappa shape index (κ3) is 4.68. The lowest BCUT2D eigenvalue weighted by Gasteiger charge is -2.03. The molecular weight excluding hydrogens is 272 g/mol. The first-order valence-corrected chi connectivity index (χ1v) is 6.37. The van der Waals surface area contributed by atoms with Crippen LogP contribution in [0.4, 0.5) is 0 Å². The second-order valence-electron chi connectivity index (χ2n) is 4.11. The Morgan fingerprint density at radius 2 is 2.19 bits per heavy atom. The number of nitrogens with zero attached hydrogens (tertiary/aromatic N) is 1. The van der Waals surface area contributed by atoms with Crippen LogP contribution in [0.3, 0.4) is 0 Å². The topological polar surface area (TPSA) is 73.1 Å². The zero-order valence-electron chi connectivity index (χ0n) is 11.6. The van der Waals surface area contributed by atoms with Crippen LogP contribution in [0.2, 0.25) is 0 Å². The average molecular weight is 288 g/mol. The predicted octanol–water partition coefficient (Wildman–Crippen LogP) is 1.96. The highest BCUT2D eigenvalue weighted by Crippen LogP contribution is 2.14. The second-order valence-corrected chi connectivity index (χ2v) is 4.11. The highest BCUT2D eigenvalue weighted by Gasteiger charge is 2.03. The number of carbonyl (C=O) groups is 1. The molecule has 1 amide bonds. The Labute approximate surface area is 122 Å². The Kier molecular flexibility index (Phi) is 5.40. The summed E-state index contributed by atoms with van der Waals surface area (Å²) in [5.74, 6) is 1.09. The fraction of sp³-hybridized carbons (Fsp3) is 0.200. The lowest BCUT2D eigenvalue weighted by Crippen LogP contribution is -2.26. The van der Waals surface area contributed by atoms with Gasteiger partial charge in [0.15, 0.2) is 6.61 Å². The van der Waals surface area contributed by atoms with Gasteiger partial charge in [0.05, 0.1) is 26.1 Å². The molecule has 0 aliphatic carbocycles. The molecule has 110 valence electrons. The van der Waals surface area contributed by atoms with Gasteiger partial charge in [-0.25, -0.2) is 0 Å². The van der Waals surface area contributed by atoms with E-state index in [9.17, 15) is 4.79 Å². The van der Waals surface area contributed by atoms with Crippen LogP contribution in [0.5, 0.6) is 5.75 Å². The molecule has 1 aromatic heterocycles. The fourth-order valence-corrected chi connectivity index (χ4v) is 1.61. The first-order valence-electron chi connectivity index (χ1n) is 6.37. The van der Waals surface area contributed by atoms with E-state index >= 15 is 0 Å².